The third-order valence-corrected chi connectivity index (χ3v) is 6.06. The number of aryl methyl sites for hydroxylation is 1. The van der Waals surface area contributed by atoms with Crippen molar-refractivity contribution in [3.05, 3.63) is 59.7 Å². The van der Waals surface area contributed by atoms with E-state index in [1.165, 1.54) is 24.0 Å². The molecule has 0 radical (unpaired) electrons. The molecule has 2 aliphatic rings. The molecule has 1 N–H and O–H groups in total. The van der Waals surface area contributed by atoms with Crippen LogP contribution in [0.25, 0.3) is 0 Å². The second-order valence-corrected chi connectivity index (χ2v) is 7.77. The third kappa shape index (κ3) is 4.12. The largest absolute Gasteiger partial charge is 0.486 e. The van der Waals surface area contributed by atoms with Crippen molar-refractivity contribution < 1.29 is 9.47 Å². The number of fused-ring (bicyclic) bond motifs is 1. The van der Waals surface area contributed by atoms with Gasteiger partial charge in [-0.2, -0.15) is 0 Å². The zero-order valence-corrected chi connectivity index (χ0v) is 16.4. The Morgan fingerprint density at radius 2 is 1.74 bits per heavy atom. The molecule has 1 fully saturated rings. The van der Waals surface area contributed by atoms with Gasteiger partial charge in [0, 0.05) is 6.54 Å². The first kappa shape index (κ1) is 18.3. The van der Waals surface area contributed by atoms with Crippen molar-refractivity contribution in [1.29, 1.82) is 0 Å². The summed E-state index contributed by atoms with van der Waals surface area (Å²) in [7, 11) is 2.05. The zero-order chi connectivity index (χ0) is 18.6. The van der Waals surface area contributed by atoms with E-state index in [1.54, 1.807) is 0 Å². The number of nitrogens with zero attached hydrogens (tertiary/aromatic N) is 1. The lowest BCUT2D eigenvalue weighted by atomic mass is 9.86. The number of ether oxygens (including phenoxy) is 2. The van der Waals surface area contributed by atoms with Gasteiger partial charge >= 0.3 is 0 Å². The van der Waals surface area contributed by atoms with Crippen LogP contribution in [0.4, 0.5) is 0 Å². The van der Waals surface area contributed by atoms with Gasteiger partial charge in [0.1, 0.15) is 12.7 Å². The number of nitrogens with one attached hydrogen (secondary N) is 1. The van der Waals surface area contributed by atoms with Crippen LogP contribution in [-0.4, -0.2) is 43.8 Å². The maximum atomic E-state index is 6.28. The molecule has 0 saturated carbocycles. The van der Waals surface area contributed by atoms with Crippen molar-refractivity contribution in [2.75, 3.05) is 26.7 Å². The van der Waals surface area contributed by atoms with E-state index in [0.717, 1.165) is 31.1 Å². The Kier molecular flexibility index (Phi) is 5.65. The second kappa shape index (κ2) is 8.32. The number of hydrogen-bond donors (Lipinski definition) is 1. The summed E-state index contributed by atoms with van der Waals surface area (Å²) >= 11 is 0. The summed E-state index contributed by atoms with van der Waals surface area (Å²) < 4.78 is 12.2. The Labute approximate surface area is 162 Å². The van der Waals surface area contributed by atoms with Crippen molar-refractivity contribution in [3.8, 4) is 11.5 Å². The highest BCUT2D eigenvalue weighted by molar-refractivity contribution is 5.40. The highest BCUT2D eigenvalue weighted by atomic mass is 16.6. The molecule has 4 rings (SSSR count). The molecule has 2 atom stereocenters. The first-order valence-electron chi connectivity index (χ1n) is 10.1. The van der Waals surface area contributed by atoms with E-state index < -0.39 is 0 Å². The van der Waals surface area contributed by atoms with E-state index in [0.29, 0.717) is 18.6 Å². The van der Waals surface area contributed by atoms with Gasteiger partial charge in [0.25, 0.3) is 0 Å². The van der Waals surface area contributed by atoms with Gasteiger partial charge in [-0.3, -0.25) is 4.90 Å². The lowest BCUT2D eigenvalue weighted by Gasteiger charge is -2.40. The monoisotopic (exact) mass is 366 g/mol. The molecule has 2 unspecified atom stereocenters. The molecular weight excluding hydrogens is 336 g/mol. The SMILES string of the molecule is CNC(C1CCN(Cc2ccccc2C)CC1)C1COc2ccccc2O1. The van der Waals surface area contributed by atoms with Crippen LogP contribution in [0.5, 0.6) is 11.5 Å². The van der Waals surface area contributed by atoms with Crippen LogP contribution in [0.15, 0.2) is 48.5 Å². The van der Waals surface area contributed by atoms with Crippen LogP contribution in [0, 0.1) is 12.8 Å². The molecular formula is C23H30N2O2. The van der Waals surface area contributed by atoms with Crippen LogP contribution in [0.2, 0.25) is 0 Å². The van der Waals surface area contributed by atoms with Gasteiger partial charge in [-0.25, -0.2) is 0 Å². The van der Waals surface area contributed by atoms with Gasteiger partial charge in [-0.15, -0.1) is 0 Å². The highest BCUT2D eigenvalue weighted by Gasteiger charge is 2.35. The van der Waals surface area contributed by atoms with Crippen molar-refractivity contribution in [2.45, 2.75) is 38.5 Å². The molecule has 0 aromatic heterocycles. The summed E-state index contributed by atoms with van der Waals surface area (Å²) in [5, 5.41) is 3.52. The molecule has 27 heavy (non-hydrogen) atoms. The molecule has 0 amide bonds. The van der Waals surface area contributed by atoms with Crippen molar-refractivity contribution in [2.24, 2.45) is 5.92 Å². The molecule has 0 bridgehead atoms. The Morgan fingerprint density at radius 1 is 1.04 bits per heavy atom. The van der Waals surface area contributed by atoms with Crippen molar-refractivity contribution >= 4 is 0 Å². The van der Waals surface area contributed by atoms with Gasteiger partial charge in [0.15, 0.2) is 11.5 Å². The summed E-state index contributed by atoms with van der Waals surface area (Å²) in [5.74, 6) is 2.34. The van der Waals surface area contributed by atoms with Gasteiger partial charge in [0.2, 0.25) is 0 Å². The lowest BCUT2D eigenvalue weighted by Crippen LogP contribution is -2.53. The lowest BCUT2D eigenvalue weighted by molar-refractivity contribution is 0.0308. The molecule has 2 heterocycles. The molecule has 0 spiro atoms. The minimum absolute atomic E-state index is 0.0674. The van der Waals surface area contributed by atoms with Crippen molar-refractivity contribution in [1.82, 2.24) is 10.2 Å². The summed E-state index contributed by atoms with van der Waals surface area (Å²) in [5.41, 5.74) is 2.83. The minimum atomic E-state index is 0.0674. The van der Waals surface area contributed by atoms with E-state index >= 15 is 0 Å². The maximum absolute atomic E-state index is 6.28. The van der Waals surface area contributed by atoms with Crippen LogP contribution >= 0.6 is 0 Å². The van der Waals surface area contributed by atoms with E-state index in [9.17, 15) is 0 Å². The van der Waals surface area contributed by atoms with Crippen LogP contribution in [-0.2, 0) is 6.54 Å². The topological polar surface area (TPSA) is 33.7 Å². The molecule has 0 aliphatic carbocycles. The number of benzene rings is 2. The summed E-state index contributed by atoms with van der Waals surface area (Å²) in [4.78, 5) is 2.58. The van der Waals surface area contributed by atoms with Crippen LogP contribution in [0.1, 0.15) is 24.0 Å². The highest BCUT2D eigenvalue weighted by Crippen LogP contribution is 2.34. The summed E-state index contributed by atoms with van der Waals surface area (Å²) in [6.07, 6.45) is 2.45. The quantitative estimate of drug-likeness (QED) is 0.876. The average molecular weight is 367 g/mol. The van der Waals surface area contributed by atoms with Crippen molar-refractivity contribution in [3.63, 3.8) is 0 Å². The fourth-order valence-electron chi connectivity index (χ4n) is 4.44. The Bertz CT molecular complexity index is 756. The number of likely N-dealkylation sites (N-methyl/N-ethyl adjacent to an activating group) is 1. The average Bonchev–Trinajstić information content (AvgIpc) is 2.71. The van der Waals surface area contributed by atoms with Gasteiger partial charge in [-0.1, -0.05) is 36.4 Å². The predicted molar refractivity (Wildman–Crippen MR) is 108 cm³/mol. The molecule has 2 aliphatic heterocycles. The van der Waals surface area contributed by atoms with E-state index in [4.69, 9.17) is 9.47 Å². The van der Waals surface area contributed by atoms with E-state index in [-0.39, 0.29) is 6.10 Å². The summed E-state index contributed by atoms with van der Waals surface area (Å²) in [6.45, 7) is 6.16. The molecule has 144 valence electrons. The third-order valence-electron chi connectivity index (χ3n) is 6.06. The standard InChI is InChI=1S/C23H30N2O2/c1-17-7-3-4-8-19(17)15-25-13-11-18(12-14-25)23(24-2)22-16-26-20-9-5-6-10-21(20)27-22/h3-10,18,22-24H,11-16H2,1-2H3. The Balaban J connectivity index is 1.35. The predicted octanol–water partition coefficient (Wildman–Crippen LogP) is 3.64. The Morgan fingerprint density at radius 3 is 2.48 bits per heavy atom. The van der Waals surface area contributed by atoms with Crippen LogP contribution in [0.3, 0.4) is 0 Å². The smallest absolute Gasteiger partial charge is 0.161 e. The minimum Gasteiger partial charge on any atom is -0.486 e. The molecule has 4 nitrogen and oxygen atoms in total. The van der Waals surface area contributed by atoms with Crippen LogP contribution < -0.4 is 14.8 Å². The van der Waals surface area contributed by atoms with E-state index in [2.05, 4.69) is 41.4 Å². The first-order valence-corrected chi connectivity index (χ1v) is 10.1. The van der Waals surface area contributed by atoms with E-state index in [1.807, 2.05) is 31.3 Å². The fourth-order valence-corrected chi connectivity index (χ4v) is 4.44. The summed E-state index contributed by atoms with van der Waals surface area (Å²) in [6, 6.07) is 17.0. The maximum Gasteiger partial charge on any atom is 0.161 e. The molecule has 4 heteroatoms. The second-order valence-electron chi connectivity index (χ2n) is 7.77. The zero-order valence-electron chi connectivity index (χ0n) is 16.4. The van der Waals surface area contributed by atoms with Gasteiger partial charge in [-0.05, 0) is 69.1 Å². The Hall–Kier alpha value is -2.04. The molecule has 1 saturated heterocycles. The fraction of sp³-hybridized carbons (Fsp3) is 0.478. The van der Waals surface area contributed by atoms with Gasteiger partial charge in [0.05, 0.1) is 6.04 Å². The molecule has 2 aromatic carbocycles. The number of para-hydroxylation sites is 2. The van der Waals surface area contributed by atoms with Gasteiger partial charge < -0.3 is 14.8 Å². The molecule has 2 aromatic rings. The first-order chi connectivity index (χ1) is 13.2. The number of piperidine rings is 1. The number of hydrogen-bond acceptors (Lipinski definition) is 4. The normalized spacial score (nSPS) is 21.8. The number of rotatable bonds is 5. The number of likely N-dealkylation sites (tertiary alicyclic amines) is 1.